The number of rotatable bonds is 10. The van der Waals surface area contributed by atoms with Crippen LogP contribution in [0.1, 0.15) is 31.0 Å². The van der Waals surface area contributed by atoms with Crippen LogP contribution >= 0.6 is 0 Å². The lowest BCUT2D eigenvalue weighted by Gasteiger charge is -2.13. The van der Waals surface area contributed by atoms with Crippen molar-refractivity contribution in [1.82, 2.24) is 24.8 Å². The van der Waals surface area contributed by atoms with Crippen molar-refractivity contribution in [2.45, 2.75) is 33.4 Å². The second kappa shape index (κ2) is 10.2. The Bertz CT molecular complexity index is 1280. The van der Waals surface area contributed by atoms with Crippen LogP contribution in [0, 0.1) is 12.0 Å². The van der Waals surface area contributed by atoms with Crippen LogP contribution in [0.2, 0.25) is 0 Å². The van der Waals surface area contributed by atoms with Gasteiger partial charge in [-0.15, -0.1) is 0 Å². The minimum absolute atomic E-state index is 0.0159. The number of methoxy groups -OCH3 is 1. The van der Waals surface area contributed by atoms with E-state index in [9.17, 15) is 4.39 Å². The number of nitrogens with zero attached hydrogens (tertiary/aromatic N) is 4. The molecule has 0 fully saturated rings. The summed E-state index contributed by atoms with van der Waals surface area (Å²) in [5.74, 6) is 3.31. The molecule has 10 heteroatoms. The van der Waals surface area contributed by atoms with Gasteiger partial charge in [-0.25, -0.2) is 4.98 Å². The number of nitrogens with two attached hydrogens (primary N) is 2. The van der Waals surface area contributed by atoms with Crippen LogP contribution in [0.5, 0.6) is 5.75 Å². The third kappa shape index (κ3) is 5.02. The fourth-order valence-electron chi connectivity index (χ4n) is 3.88. The third-order valence-electron chi connectivity index (χ3n) is 5.53. The summed E-state index contributed by atoms with van der Waals surface area (Å²) in [6.07, 6.45) is -0.452. The lowest BCUT2D eigenvalue weighted by Crippen LogP contribution is -2.25. The first-order chi connectivity index (χ1) is 16.4. The topological polar surface area (TPSA) is 130 Å². The number of ether oxygens (including phenoxy) is 1. The monoisotopic (exact) mass is 467 g/mol. The molecule has 3 heterocycles. The Morgan fingerprint density at radius 2 is 2.00 bits per heavy atom. The fourth-order valence-corrected chi connectivity index (χ4v) is 3.88. The number of furan rings is 1. The maximum atomic E-state index is 14.0. The van der Waals surface area contributed by atoms with Gasteiger partial charge in [0.1, 0.15) is 23.1 Å². The Balaban J connectivity index is 1.76. The summed E-state index contributed by atoms with van der Waals surface area (Å²) in [5.41, 5.74) is 14.3. The van der Waals surface area contributed by atoms with Crippen molar-refractivity contribution in [3.05, 3.63) is 53.6 Å². The highest BCUT2D eigenvalue weighted by Crippen LogP contribution is 2.31. The van der Waals surface area contributed by atoms with Gasteiger partial charge in [0, 0.05) is 25.1 Å². The Morgan fingerprint density at radius 3 is 2.71 bits per heavy atom. The third-order valence-corrected chi connectivity index (χ3v) is 5.53. The molecule has 0 amide bonds. The van der Waals surface area contributed by atoms with Gasteiger partial charge in [-0.2, -0.15) is 14.4 Å². The molecule has 4 aromatic rings. The van der Waals surface area contributed by atoms with Crippen LogP contribution in [0.4, 0.5) is 10.2 Å². The zero-order valence-corrected chi connectivity index (χ0v) is 19.6. The molecule has 180 valence electrons. The Morgan fingerprint density at radius 1 is 1.18 bits per heavy atom. The Kier molecular flexibility index (Phi) is 7.09. The molecule has 9 nitrogen and oxygen atoms in total. The number of nitrogen functional groups attached to an aromatic ring is 1. The molecule has 0 spiro atoms. The van der Waals surface area contributed by atoms with E-state index in [2.05, 4.69) is 29.1 Å². The van der Waals surface area contributed by atoms with Gasteiger partial charge in [-0.05, 0) is 48.4 Å². The first-order valence-electron chi connectivity index (χ1n) is 11.2. The van der Waals surface area contributed by atoms with E-state index in [1.165, 1.54) is 0 Å². The summed E-state index contributed by atoms with van der Waals surface area (Å²) in [6.45, 7) is 6.69. The van der Waals surface area contributed by atoms with E-state index in [-0.39, 0.29) is 5.82 Å². The van der Waals surface area contributed by atoms with Crippen LogP contribution in [0.3, 0.4) is 0 Å². The largest absolute Gasteiger partial charge is 0.497 e. The van der Waals surface area contributed by atoms with E-state index in [0.29, 0.717) is 66.2 Å². The van der Waals surface area contributed by atoms with Crippen LogP contribution in [-0.2, 0) is 19.5 Å². The highest BCUT2D eigenvalue weighted by molar-refractivity contribution is 5.82. The minimum Gasteiger partial charge on any atom is -0.497 e. The van der Waals surface area contributed by atoms with E-state index in [0.717, 1.165) is 17.7 Å². The molecular formula is C24H30FN7O2. The maximum Gasteiger partial charge on any atom is 0.312 e. The molecule has 0 atom stereocenters. The van der Waals surface area contributed by atoms with Gasteiger partial charge in [-0.3, -0.25) is 0 Å². The highest BCUT2D eigenvalue weighted by atomic mass is 19.1. The van der Waals surface area contributed by atoms with Crippen LogP contribution in [-0.4, -0.2) is 39.7 Å². The van der Waals surface area contributed by atoms with Gasteiger partial charge in [0.05, 0.1) is 13.7 Å². The number of imidazole rings is 1. The normalized spacial score (nSPS) is 11.6. The maximum absolute atomic E-state index is 14.0. The number of nitrogens with one attached hydrogen (secondary N) is 1. The average molecular weight is 468 g/mol. The predicted octanol–water partition coefficient (Wildman–Crippen LogP) is 3.11. The van der Waals surface area contributed by atoms with Gasteiger partial charge >= 0.3 is 6.08 Å². The van der Waals surface area contributed by atoms with Crippen molar-refractivity contribution in [2.75, 3.05) is 25.9 Å². The number of hydrogen-bond donors (Lipinski definition) is 3. The summed E-state index contributed by atoms with van der Waals surface area (Å²) in [7, 11) is 1.62. The molecule has 1 aromatic carbocycles. The molecule has 0 aliphatic rings. The average Bonchev–Trinajstić information content (AvgIpc) is 3.42. The van der Waals surface area contributed by atoms with Crippen molar-refractivity contribution in [3.8, 4) is 17.1 Å². The van der Waals surface area contributed by atoms with Gasteiger partial charge in [0.15, 0.2) is 17.0 Å². The summed E-state index contributed by atoms with van der Waals surface area (Å²) < 4.78 is 27.3. The molecular weight excluding hydrogens is 437 g/mol. The molecule has 5 N–H and O–H groups in total. The molecule has 0 radical (unpaired) electrons. The van der Waals surface area contributed by atoms with Crippen LogP contribution < -0.4 is 21.5 Å². The van der Waals surface area contributed by atoms with Gasteiger partial charge in [0.2, 0.25) is 0 Å². The number of fused-ring (bicyclic) bond motifs is 1. The predicted molar refractivity (Wildman–Crippen MR) is 129 cm³/mol. The van der Waals surface area contributed by atoms with Gasteiger partial charge in [-0.1, -0.05) is 13.8 Å². The summed E-state index contributed by atoms with van der Waals surface area (Å²) in [6, 6.07) is 9.51. The standard InChI is InChI=1S/C24H30FN7O2/c1-14(2)13-28-8-9-32-20(29-21-22(27)30-24(25)31-23(21)32)11-15-10-16(33-3)4-6-18(15)19-7-5-17(12-26)34-19/h4-7,10,14,28H,8-9,11-13,26H2,1-3H3,(H2,27,30,31). The SMILES string of the molecule is COc1ccc(-c2ccc(CN)o2)c(Cc2nc3c(N)nc(F)nc3n2CCNCC(C)C)c1. The van der Waals surface area contributed by atoms with Crippen molar-refractivity contribution >= 4 is 17.0 Å². The Hall–Kier alpha value is -3.50. The van der Waals surface area contributed by atoms with Crippen LogP contribution in [0.25, 0.3) is 22.5 Å². The van der Waals surface area contributed by atoms with Gasteiger partial charge < -0.3 is 30.5 Å². The van der Waals surface area contributed by atoms with E-state index in [4.69, 9.17) is 25.6 Å². The number of benzene rings is 1. The first-order valence-corrected chi connectivity index (χ1v) is 11.2. The van der Waals surface area contributed by atoms with E-state index >= 15 is 0 Å². The summed E-state index contributed by atoms with van der Waals surface area (Å²) in [5, 5.41) is 3.41. The zero-order valence-electron chi connectivity index (χ0n) is 19.6. The number of aromatic nitrogens is 4. The fraction of sp³-hybridized carbons (Fsp3) is 0.375. The zero-order chi connectivity index (χ0) is 24.2. The number of hydrogen-bond acceptors (Lipinski definition) is 8. The van der Waals surface area contributed by atoms with Crippen molar-refractivity contribution in [2.24, 2.45) is 11.7 Å². The molecule has 0 aliphatic heterocycles. The summed E-state index contributed by atoms with van der Waals surface area (Å²) >= 11 is 0. The second-order valence-electron chi connectivity index (χ2n) is 8.50. The van der Waals surface area contributed by atoms with Crippen LogP contribution in [0.15, 0.2) is 34.7 Å². The molecule has 0 bridgehead atoms. The van der Waals surface area contributed by atoms with Gasteiger partial charge in [0.25, 0.3) is 0 Å². The molecule has 0 saturated heterocycles. The van der Waals surface area contributed by atoms with Crippen molar-refractivity contribution < 1.29 is 13.5 Å². The highest BCUT2D eigenvalue weighted by Gasteiger charge is 2.19. The molecule has 0 saturated carbocycles. The first kappa shape index (κ1) is 23.7. The van der Waals surface area contributed by atoms with E-state index < -0.39 is 6.08 Å². The quantitative estimate of drug-likeness (QED) is 0.240. The minimum atomic E-state index is -0.875. The smallest absolute Gasteiger partial charge is 0.312 e. The second-order valence-corrected chi connectivity index (χ2v) is 8.50. The van der Waals surface area contributed by atoms with E-state index in [1.807, 2.05) is 34.9 Å². The molecule has 34 heavy (non-hydrogen) atoms. The number of anilines is 1. The molecule has 0 unspecified atom stereocenters. The van der Waals surface area contributed by atoms with Crippen molar-refractivity contribution in [1.29, 1.82) is 0 Å². The summed E-state index contributed by atoms with van der Waals surface area (Å²) in [4.78, 5) is 12.3. The lowest BCUT2D eigenvalue weighted by atomic mass is 10.0. The molecule has 0 aliphatic carbocycles. The molecule has 4 rings (SSSR count). The number of halogens is 1. The lowest BCUT2D eigenvalue weighted by molar-refractivity contribution is 0.414. The van der Waals surface area contributed by atoms with Crippen molar-refractivity contribution in [3.63, 3.8) is 0 Å². The van der Waals surface area contributed by atoms with E-state index in [1.54, 1.807) is 7.11 Å². The molecule has 3 aromatic heterocycles. The Labute approximate surface area is 197 Å².